The van der Waals surface area contributed by atoms with Crippen molar-refractivity contribution < 1.29 is 24.9 Å². The summed E-state index contributed by atoms with van der Waals surface area (Å²) in [5, 5.41) is 27.2. The van der Waals surface area contributed by atoms with Crippen LogP contribution in [0, 0.1) is 5.92 Å². The molecule has 0 heterocycles. The summed E-state index contributed by atoms with van der Waals surface area (Å²) in [6.07, 6.45) is 0. The van der Waals surface area contributed by atoms with E-state index in [4.69, 9.17) is 10.2 Å². The highest BCUT2D eigenvalue weighted by molar-refractivity contribution is 5.94. The van der Waals surface area contributed by atoms with Gasteiger partial charge in [0.05, 0.1) is 5.92 Å². The molecule has 6 nitrogen and oxygen atoms in total. The highest BCUT2D eigenvalue weighted by Gasteiger charge is 2.19. The number of nitrogens with zero attached hydrogens (tertiary/aromatic N) is 1. The van der Waals surface area contributed by atoms with E-state index in [1.807, 2.05) is 0 Å². The molecular weight excluding hydrogens is 238 g/mol. The van der Waals surface area contributed by atoms with Gasteiger partial charge in [0, 0.05) is 19.2 Å². The highest BCUT2D eigenvalue weighted by atomic mass is 16.4. The number of rotatable bonds is 4. The van der Waals surface area contributed by atoms with E-state index >= 15 is 0 Å². The maximum atomic E-state index is 11.9. The minimum absolute atomic E-state index is 0.0653. The van der Waals surface area contributed by atoms with Crippen molar-refractivity contribution in [2.45, 2.75) is 6.92 Å². The predicted octanol–water partition coefficient (Wildman–Crippen LogP) is 0.890. The number of phenols is 2. The molecule has 1 rings (SSSR count). The maximum Gasteiger partial charge on any atom is 0.308 e. The monoisotopic (exact) mass is 253 g/mol. The van der Waals surface area contributed by atoms with Crippen LogP contribution in [0.25, 0.3) is 0 Å². The lowest BCUT2D eigenvalue weighted by Gasteiger charge is -2.19. The second-order valence-corrected chi connectivity index (χ2v) is 4.13. The Labute approximate surface area is 104 Å². The van der Waals surface area contributed by atoms with Crippen molar-refractivity contribution in [2.75, 3.05) is 13.6 Å². The van der Waals surface area contributed by atoms with Crippen molar-refractivity contribution >= 4 is 11.9 Å². The number of carbonyl (C=O) groups is 2. The Kier molecular flexibility index (Phi) is 4.14. The van der Waals surface area contributed by atoms with Gasteiger partial charge in [0.1, 0.15) is 0 Å². The summed E-state index contributed by atoms with van der Waals surface area (Å²) < 4.78 is 0. The van der Waals surface area contributed by atoms with Gasteiger partial charge in [-0.15, -0.1) is 0 Å². The molecular formula is C12H15NO5. The highest BCUT2D eigenvalue weighted by Crippen LogP contribution is 2.25. The number of aromatic hydroxyl groups is 2. The van der Waals surface area contributed by atoms with E-state index in [1.54, 1.807) is 0 Å². The largest absolute Gasteiger partial charge is 0.504 e. The Morgan fingerprint density at radius 2 is 1.89 bits per heavy atom. The Balaban J connectivity index is 2.80. The number of hydrogen-bond acceptors (Lipinski definition) is 4. The van der Waals surface area contributed by atoms with Crippen LogP contribution in [0.15, 0.2) is 18.2 Å². The third kappa shape index (κ3) is 3.13. The van der Waals surface area contributed by atoms with Gasteiger partial charge in [-0.25, -0.2) is 0 Å². The van der Waals surface area contributed by atoms with Crippen LogP contribution in [-0.4, -0.2) is 45.7 Å². The minimum atomic E-state index is -0.983. The molecule has 1 aromatic carbocycles. The fraction of sp³-hybridized carbons (Fsp3) is 0.333. The zero-order valence-corrected chi connectivity index (χ0v) is 10.1. The fourth-order valence-electron chi connectivity index (χ4n) is 1.45. The SMILES string of the molecule is CC(CN(C)C(=O)c1ccc(O)c(O)c1)C(=O)O. The number of benzene rings is 1. The van der Waals surface area contributed by atoms with Crippen LogP contribution in [0.1, 0.15) is 17.3 Å². The van der Waals surface area contributed by atoms with E-state index < -0.39 is 17.8 Å². The first-order valence-corrected chi connectivity index (χ1v) is 5.33. The normalized spacial score (nSPS) is 11.9. The lowest BCUT2D eigenvalue weighted by atomic mass is 10.1. The van der Waals surface area contributed by atoms with Crippen LogP contribution in [0.4, 0.5) is 0 Å². The van der Waals surface area contributed by atoms with Crippen LogP contribution >= 0.6 is 0 Å². The minimum Gasteiger partial charge on any atom is -0.504 e. The van der Waals surface area contributed by atoms with E-state index in [0.29, 0.717) is 0 Å². The quantitative estimate of drug-likeness (QED) is 0.692. The molecule has 98 valence electrons. The molecule has 0 fully saturated rings. The zero-order valence-electron chi connectivity index (χ0n) is 10.1. The average Bonchev–Trinajstić information content (AvgIpc) is 2.31. The van der Waals surface area contributed by atoms with Crippen molar-refractivity contribution in [3.05, 3.63) is 23.8 Å². The summed E-state index contributed by atoms with van der Waals surface area (Å²) in [6.45, 7) is 1.57. The molecule has 1 aromatic rings. The first-order valence-electron chi connectivity index (χ1n) is 5.33. The summed E-state index contributed by atoms with van der Waals surface area (Å²) in [4.78, 5) is 23.8. The van der Waals surface area contributed by atoms with E-state index in [1.165, 1.54) is 31.0 Å². The standard InChI is InChI=1S/C12H15NO5/c1-7(12(17)18)6-13(2)11(16)8-3-4-9(14)10(15)5-8/h3-5,7,14-15H,6H2,1-2H3,(H,17,18). The number of phenolic OH excluding ortho intramolecular Hbond substituents is 2. The summed E-state index contributed by atoms with van der Waals surface area (Å²) in [7, 11) is 1.48. The smallest absolute Gasteiger partial charge is 0.308 e. The van der Waals surface area contributed by atoms with Crippen LogP contribution in [0.2, 0.25) is 0 Å². The third-order valence-corrected chi connectivity index (χ3v) is 2.54. The average molecular weight is 253 g/mol. The van der Waals surface area contributed by atoms with E-state index in [2.05, 4.69) is 0 Å². The van der Waals surface area contributed by atoms with Gasteiger partial charge in [-0.3, -0.25) is 9.59 Å². The number of aliphatic carboxylic acids is 1. The van der Waals surface area contributed by atoms with E-state index in [-0.39, 0.29) is 23.6 Å². The van der Waals surface area contributed by atoms with Gasteiger partial charge >= 0.3 is 5.97 Å². The molecule has 0 aromatic heterocycles. The predicted molar refractivity (Wildman–Crippen MR) is 63.5 cm³/mol. The summed E-state index contributed by atoms with van der Waals surface area (Å²) in [5.74, 6) is -2.78. The molecule has 1 atom stereocenters. The molecule has 0 bridgehead atoms. The molecule has 0 saturated carbocycles. The molecule has 3 N–H and O–H groups in total. The molecule has 0 radical (unpaired) electrons. The van der Waals surface area contributed by atoms with E-state index in [0.717, 1.165) is 6.07 Å². The number of carbonyl (C=O) groups excluding carboxylic acids is 1. The van der Waals surface area contributed by atoms with Crippen molar-refractivity contribution in [1.82, 2.24) is 4.90 Å². The third-order valence-electron chi connectivity index (χ3n) is 2.54. The number of carboxylic acids is 1. The Bertz CT molecular complexity index is 472. The molecule has 18 heavy (non-hydrogen) atoms. The molecule has 6 heteroatoms. The van der Waals surface area contributed by atoms with Gasteiger partial charge in [-0.05, 0) is 18.2 Å². The number of hydrogen-bond donors (Lipinski definition) is 3. The van der Waals surface area contributed by atoms with Crippen molar-refractivity contribution in [1.29, 1.82) is 0 Å². The Morgan fingerprint density at radius 3 is 2.39 bits per heavy atom. The fourth-order valence-corrected chi connectivity index (χ4v) is 1.45. The molecule has 0 spiro atoms. The number of carboxylic acid groups (broad SMARTS) is 1. The lowest BCUT2D eigenvalue weighted by Crippen LogP contribution is -2.33. The zero-order chi connectivity index (χ0) is 13.9. The Hall–Kier alpha value is -2.24. The van der Waals surface area contributed by atoms with Gasteiger partial charge in [-0.1, -0.05) is 6.92 Å². The molecule has 0 aliphatic heterocycles. The molecule has 1 unspecified atom stereocenters. The van der Waals surface area contributed by atoms with Crippen molar-refractivity contribution in [2.24, 2.45) is 5.92 Å². The molecule has 0 saturated heterocycles. The second-order valence-electron chi connectivity index (χ2n) is 4.13. The number of amides is 1. The van der Waals surface area contributed by atoms with Gasteiger partial charge in [0.15, 0.2) is 11.5 Å². The molecule has 1 amide bonds. The van der Waals surface area contributed by atoms with Crippen molar-refractivity contribution in [3.8, 4) is 11.5 Å². The topological polar surface area (TPSA) is 98.1 Å². The van der Waals surface area contributed by atoms with Crippen LogP contribution in [0.3, 0.4) is 0 Å². The van der Waals surface area contributed by atoms with E-state index in [9.17, 15) is 14.7 Å². The Morgan fingerprint density at radius 1 is 1.28 bits per heavy atom. The molecule has 0 aliphatic carbocycles. The lowest BCUT2D eigenvalue weighted by molar-refractivity contribution is -0.141. The van der Waals surface area contributed by atoms with Crippen LogP contribution in [0.5, 0.6) is 11.5 Å². The van der Waals surface area contributed by atoms with Crippen LogP contribution in [-0.2, 0) is 4.79 Å². The first kappa shape index (κ1) is 13.8. The van der Waals surface area contributed by atoms with Gasteiger partial charge in [0.2, 0.25) is 0 Å². The van der Waals surface area contributed by atoms with Gasteiger partial charge in [0.25, 0.3) is 5.91 Å². The van der Waals surface area contributed by atoms with Gasteiger partial charge < -0.3 is 20.2 Å². The maximum absolute atomic E-state index is 11.9. The van der Waals surface area contributed by atoms with Crippen LogP contribution < -0.4 is 0 Å². The summed E-state index contributed by atoms with van der Waals surface area (Å²) in [5.41, 5.74) is 0.186. The second kappa shape index (κ2) is 5.39. The first-order chi connectivity index (χ1) is 8.32. The van der Waals surface area contributed by atoms with Crippen molar-refractivity contribution in [3.63, 3.8) is 0 Å². The summed E-state index contributed by atoms with van der Waals surface area (Å²) >= 11 is 0. The van der Waals surface area contributed by atoms with Gasteiger partial charge in [-0.2, -0.15) is 0 Å². The summed E-state index contributed by atoms with van der Waals surface area (Å²) in [6, 6.07) is 3.70. The molecule has 0 aliphatic rings.